The summed E-state index contributed by atoms with van der Waals surface area (Å²) in [4.78, 5) is 53.2. The van der Waals surface area contributed by atoms with Crippen LogP contribution in [0.2, 0.25) is 0 Å². The topological polar surface area (TPSA) is 122 Å². The van der Waals surface area contributed by atoms with Crippen LogP contribution in [0.25, 0.3) is 0 Å². The fraction of sp³-hybridized carbons (Fsp3) is 0.333. The lowest BCUT2D eigenvalue weighted by atomic mass is 9.76. The summed E-state index contributed by atoms with van der Waals surface area (Å²) in [6.07, 6.45) is 0.231. The third-order valence-electron chi connectivity index (χ3n) is 7.01. The van der Waals surface area contributed by atoms with Gasteiger partial charge in [0.2, 0.25) is 23.6 Å². The van der Waals surface area contributed by atoms with Crippen LogP contribution in [-0.2, 0) is 31.3 Å². The van der Waals surface area contributed by atoms with Gasteiger partial charge in [0.25, 0.3) is 0 Å². The number of anilines is 1. The van der Waals surface area contributed by atoms with E-state index in [1.807, 2.05) is 13.0 Å². The number of imide groups is 1. The second-order valence-electron chi connectivity index (χ2n) is 8.91. The van der Waals surface area contributed by atoms with Gasteiger partial charge in [0.15, 0.2) is 0 Å². The molecule has 0 aromatic heterocycles. The van der Waals surface area contributed by atoms with Crippen LogP contribution in [0.1, 0.15) is 29.5 Å². The predicted octanol–water partition coefficient (Wildman–Crippen LogP) is 1.32. The van der Waals surface area contributed by atoms with Crippen LogP contribution in [-0.4, -0.2) is 34.6 Å². The van der Waals surface area contributed by atoms with Crippen molar-refractivity contribution in [2.24, 2.45) is 17.6 Å². The van der Waals surface area contributed by atoms with Crippen LogP contribution < -0.4 is 16.4 Å². The Morgan fingerprint density at radius 3 is 2.55 bits per heavy atom. The Bertz CT molecular complexity index is 1200. The summed E-state index contributed by atoms with van der Waals surface area (Å²) in [7, 11) is 0. The SMILES string of the molecule is Cc1cccc2c1NC(=O)[C@@]21N[C@H](CCC(N)=O)[C@H]2C(=O)N(Cc3ccc(F)cc3)C(=O)[C@H]21. The molecule has 5 rings (SSSR count). The van der Waals surface area contributed by atoms with Crippen LogP contribution >= 0.6 is 0 Å². The van der Waals surface area contributed by atoms with Crippen LogP contribution in [0.5, 0.6) is 0 Å². The Labute approximate surface area is 189 Å². The normalized spacial score (nSPS) is 27.8. The number of carbonyl (C=O) groups is 4. The van der Waals surface area contributed by atoms with E-state index in [9.17, 15) is 23.6 Å². The monoisotopic (exact) mass is 450 g/mol. The van der Waals surface area contributed by atoms with E-state index in [4.69, 9.17) is 5.73 Å². The van der Waals surface area contributed by atoms with Crippen LogP contribution in [0, 0.1) is 24.6 Å². The molecule has 2 aromatic carbocycles. The molecule has 9 heteroatoms. The zero-order valence-corrected chi connectivity index (χ0v) is 17.9. The second kappa shape index (κ2) is 7.48. The standard InChI is InChI=1S/C24H23FN4O4/c1-12-3-2-4-15-20(12)27-23(33)24(15)19-18(16(28-24)9-10-17(26)30)21(31)29(22(19)32)11-13-5-7-14(25)8-6-13/h2-8,16,18-19,28H,9-11H2,1H3,(H2,26,30)(H,27,33)/t16-,18-,19+,24-/m1/s1. The molecule has 2 saturated heterocycles. The summed E-state index contributed by atoms with van der Waals surface area (Å²) < 4.78 is 13.3. The van der Waals surface area contributed by atoms with Crippen molar-refractivity contribution in [2.45, 2.75) is 37.9 Å². The highest BCUT2D eigenvalue weighted by molar-refractivity contribution is 6.15. The highest BCUT2D eigenvalue weighted by atomic mass is 19.1. The van der Waals surface area contributed by atoms with E-state index in [1.165, 1.54) is 24.3 Å². The number of amides is 4. The number of benzene rings is 2. The molecule has 4 atom stereocenters. The van der Waals surface area contributed by atoms with Crippen molar-refractivity contribution in [3.8, 4) is 0 Å². The van der Waals surface area contributed by atoms with Gasteiger partial charge in [0, 0.05) is 23.7 Å². The summed E-state index contributed by atoms with van der Waals surface area (Å²) in [5.74, 6) is -4.01. The molecule has 0 aliphatic carbocycles. The first-order valence-corrected chi connectivity index (χ1v) is 10.8. The average molecular weight is 450 g/mol. The van der Waals surface area contributed by atoms with E-state index < -0.39 is 52.9 Å². The smallest absolute Gasteiger partial charge is 0.250 e. The van der Waals surface area contributed by atoms with Gasteiger partial charge in [-0.3, -0.25) is 29.4 Å². The van der Waals surface area contributed by atoms with Crippen LogP contribution in [0.15, 0.2) is 42.5 Å². The minimum atomic E-state index is -1.42. The number of fused-ring (bicyclic) bond motifs is 4. The Balaban J connectivity index is 1.58. The number of nitrogens with two attached hydrogens (primary N) is 1. The van der Waals surface area contributed by atoms with Crippen molar-refractivity contribution >= 4 is 29.3 Å². The van der Waals surface area contributed by atoms with Crippen molar-refractivity contribution < 1.29 is 23.6 Å². The molecule has 3 heterocycles. The zero-order valence-electron chi connectivity index (χ0n) is 17.9. The number of aryl methyl sites for hydroxylation is 1. The second-order valence-corrected chi connectivity index (χ2v) is 8.91. The van der Waals surface area contributed by atoms with Crippen LogP contribution in [0.3, 0.4) is 0 Å². The maximum absolute atomic E-state index is 13.7. The fourth-order valence-electron chi connectivity index (χ4n) is 5.51. The molecular formula is C24H23FN4O4. The first kappa shape index (κ1) is 21.3. The molecular weight excluding hydrogens is 427 g/mol. The van der Waals surface area contributed by atoms with Crippen molar-refractivity contribution in [3.63, 3.8) is 0 Å². The summed E-state index contributed by atoms with van der Waals surface area (Å²) in [6.45, 7) is 1.84. The lowest BCUT2D eigenvalue weighted by Gasteiger charge is -2.29. The lowest BCUT2D eigenvalue weighted by molar-refractivity contribution is -0.143. The highest BCUT2D eigenvalue weighted by Gasteiger charge is 2.70. The van der Waals surface area contributed by atoms with E-state index in [1.54, 1.807) is 12.1 Å². The number of carbonyl (C=O) groups excluding carboxylic acids is 4. The Morgan fingerprint density at radius 1 is 1.12 bits per heavy atom. The summed E-state index contributed by atoms with van der Waals surface area (Å²) in [6, 6.07) is 10.4. The van der Waals surface area contributed by atoms with Crippen molar-refractivity contribution in [3.05, 3.63) is 65.0 Å². The predicted molar refractivity (Wildman–Crippen MR) is 116 cm³/mol. The fourth-order valence-corrected chi connectivity index (χ4v) is 5.51. The molecule has 1 spiro atoms. The van der Waals surface area contributed by atoms with Crippen molar-refractivity contribution in [1.29, 1.82) is 0 Å². The quantitative estimate of drug-likeness (QED) is 0.593. The Morgan fingerprint density at radius 2 is 1.85 bits per heavy atom. The summed E-state index contributed by atoms with van der Waals surface area (Å²) in [5, 5.41) is 6.16. The summed E-state index contributed by atoms with van der Waals surface area (Å²) >= 11 is 0. The van der Waals surface area contributed by atoms with Gasteiger partial charge < -0.3 is 11.1 Å². The molecule has 8 nitrogen and oxygen atoms in total. The van der Waals surface area contributed by atoms with Crippen LogP contribution in [0.4, 0.5) is 10.1 Å². The molecule has 170 valence electrons. The Hall–Kier alpha value is -3.59. The highest BCUT2D eigenvalue weighted by Crippen LogP contribution is 2.54. The number of hydrogen-bond donors (Lipinski definition) is 3. The van der Waals surface area contributed by atoms with Gasteiger partial charge in [0.05, 0.1) is 18.4 Å². The number of likely N-dealkylation sites (tertiary alicyclic amines) is 1. The molecule has 2 fully saturated rings. The van der Waals surface area contributed by atoms with Gasteiger partial charge in [-0.05, 0) is 36.6 Å². The number of rotatable bonds is 5. The van der Waals surface area contributed by atoms with Crippen molar-refractivity contribution in [2.75, 3.05) is 5.32 Å². The molecule has 33 heavy (non-hydrogen) atoms. The van der Waals surface area contributed by atoms with E-state index in [0.29, 0.717) is 16.8 Å². The molecule has 4 N–H and O–H groups in total. The molecule has 3 aliphatic heterocycles. The molecule has 0 bridgehead atoms. The van der Waals surface area contributed by atoms with Gasteiger partial charge >= 0.3 is 0 Å². The van der Waals surface area contributed by atoms with Gasteiger partial charge in [-0.15, -0.1) is 0 Å². The lowest BCUT2D eigenvalue weighted by Crippen LogP contribution is -2.53. The van der Waals surface area contributed by atoms with Crippen molar-refractivity contribution in [1.82, 2.24) is 10.2 Å². The summed E-state index contributed by atoms with van der Waals surface area (Å²) in [5.41, 5.74) is 6.61. The van der Waals surface area contributed by atoms with Gasteiger partial charge in [-0.2, -0.15) is 0 Å². The van der Waals surface area contributed by atoms with E-state index >= 15 is 0 Å². The van der Waals surface area contributed by atoms with E-state index in [-0.39, 0.29) is 19.4 Å². The number of primary amides is 1. The molecule has 2 aromatic rings. The number of halogens is 1. The van der Waals surface area contributed by atoms with Gasteiger partial charge in [-0.25, -0.2) is 4.39 Å². The maximum atomic E-state index is 13.7. The van der Waals surface area contributed by atoms with E-state index in [2.05, 4.69) is 10.6 Å². The average Bonchev–Trinajstić information content (AvgIpc) is 3.35. The van der Waals surface area contributed by atoms with Gasteiger partial charge in [-0.1, -0.05) is 30.3 Å². The maximum Gasteiger partial charge on any atom is 0.250 e. The number of nitrogens with one attached hydrogen (secondary N) is 2. The number of hydrogen-bond acceptors (Lipinski definition) is 5. The molecule has 3 aliphatic rings. The largest absolute Gasteiger partial charge is 0.370 e. The third-order valence-corrected chi connectivity index (χ3v) is 7.01. The minimum Gasteiger partial charge on any atom is -0.370 e. The molecule has 0 saturated carbocycles. The Kier molecular flexibility index (Phi) is 4.82. The number of nitrogens with zero attached hydrogens (tertiary/aromatic N) is 1. The molecule has 0 radical (unpaired) electrons. The first-order valence-electron chi connectivity index (χ1n) is 10.8. The first-order chi connectivity index (χ1) is 15.7. The number of para-hydroxylation sites is 1. The third kappa shape index (κ3) is 3.06. The van der Waals surface area contributed by atoms with Gasteiger partial charge in [0.1, 0.15) is 11.4 Å². The minimum absolute atomic E-state index is 0.0126. The zero-order chi connectivity index (χ0) is 23.5. The molecule has 4 amide bonds. The molecule has 0 unspecified atom stereocenters. The van der Waals surface area contributed by atoms with E-state index in [0.717, 1.165) is 10.5 Å².